The van der Waals surface area contributed by atoms with Crippen LogP contribution in [0.4, 0.5) is 0 Å². The molecule has 0 aliphatic carbocycles. The van der Waals surface area contributed by atoms with Crippen LogP contribution in [0.3, 0.4) is 0 Å². The zero-order valence-electron chi connectivity index (χ0n) is 16.3. The number of phenols is 1. The second-order valence-corrected chi connectivity index (χ2v) is 6.01. The number of aromatic hydroxyl groups is 1. The molecule has 0 fully saturated rings. The maximum absolute atomic E-state index is 9.95. The van der Waals surface area contributed by atoms with Gasteiger partial charge in [-0.2, -0.15) is 0 Å². The fraction of sp³-hybridized carbons (Fsp3) is 0.474. The lowest BCUT2D eigenvalue weighted by Gasteiger charge is -2.12. The molecule has 0 bridgehead atoms. The van der Waals surface area contributed by atoms with Gasteiger partial charge in [0.15, 0.2) is 11.7 Å². The smallest absolute Gasteiger partial charge is 0.191 e. The molecule has 0 saturated heterocycles. The molecule has 0 unspecified atom stereocenters. The summed E-state index contributed by atoms with van der Waals surface area (Å²) < 4.78 is 10.6. The highest BCUT2D eigenvalue weighted by Gasteiger charge is 2.13. The highest BCUT2D eigenvalue weighted by molar-refractivity contribution is 14.0. The van der Waals surface area contributed by atoms with E-state index < -0.39 is 0 Å². The number of phenolic OH excluding ortho intramolecular Hbond substituents is 1. The summed E-state index contributed by atoms with van der Waals surface area (Å²) in [4.78, 5) is 4.18. The van der Waals surface area contributed by atoms with Gasteiger partial charge in [0.25, 0.3) is 0 Å². The molecule has 8 heteroatoms. The number of guanidine groups is 1. The number of rotatable bonds is 8. The first-order valence-electron chi connectivity index (χ1n) is 8.87. The summed E-state index contributed by atoms with van der Waals surface area (Å²) >= 11 is 0. The minimum absolute atomic E-state index is 0. The van der Waals surface area contributed by atoms with E-state index in [1.54, 1.807) is 32.4 Å². The van der Waals surface area contributed by atoms with Crippen LogP contribution in [0.1, 0.15) is 49.6 Å². The van der Waals surface area contributed by atoms with Crippen LogP contribution < -0.4 is 15.4 Å². The molecule has 2 aromatic rings. The third-order valence-corrected chi connectivity index (χ3v) is 4.37. The van der Waals surface area contributed by atoms with Crippen molar-refractivity contribution in [3.8, 4) is 11.5 Å². The summed E-state index contributed by atoms with van der Waals surface area (Å²) in [6.07, 6.45) is 2.09. The normalized spacial score (nSPS) is 11.2. The zero-order valence-corrected chi connectivity index (χ0v) is 18.6. The molecule has 1 aromatic heterocycles. The Morgan fingerprint density at radius 1 is 1.22 bits per heavy atom. The van der Waals surface area contributed by atoms with Crippen LogP contribution in [0.2, 0.25) is 0 Å². The average Bonchev–Trinajstić information content (AvgIpc) is 3.13. The third kappa shape index (κ3) is 6.60. The number of aliphatic imine (C=N–C) groups is 1. The second-order valence-electron chi connectivity index (χ2n) is 6.01. The molecule has 1 heterocycles. The van der Waals surface area contributed by atoms with Gasteiger partial charge >= 0.3 is 0 Å². The van der Waals surface area contributed by atoms with Crippen molar-refractivity contribution in [2.24, 2.45) is 4.99 Å². The van der Waals surface area contributed by atoms with E-state index in [1.165, 1.54) is 0 Å². The molecule has 0 aliphatic rings. The summed E-state index contributed by atoms with van der Waals surface area (Å²) in [5.41, 5.74) is 1.72. The number of ether oxygens (including phenoxy) is 1. The first-order valence-corrected chi connectivity index (χ1v) is 8.87. The summed E-state index contributed by atoms with van der Waals surface area (Å²) in [5, 5.41) is 20.5. The lowest BCUT2D eigenvalue weighted by atomic mass is 9.99. The largest absolute Gasteiger partial charge is 0.508 e. The van der Waals surface area contributed by atoms with Crippen molar-refractivity contribution in [2.75, 3.05) is 14.2 Å². The van der Waals surface area contributed by atoms with Crippen molar-refractivity contribution in [3.05, 3.63) is 41.3 Å². The Labute approximate surface area is 177 Å². The van der Waals surface area contributed by atoms with Gasteiger partial charge in [0.1, 0.15) is 11.5 Å². The monoisotopic (exact) mass is 488 g/mol. The Bertz CT molecular complexity index is 729. The van der Waals surface area contributed by atoms with Crippen LogP contribution in [0.5, 0.6) is 11.5 Å². The van der Waals surface area contributed by atoms with Crippen LogP contribution in [0, 0.1) is 0 Å². The quantitative estimate of drug-likeness (QED) is 0.298. The maximum atomic E-state index is 9.95. The number of hydrogen-bond acceptors (Lipinski definition) is 5. The van der Waals surface area contributed by atoms with E-state index in [9.17, 15) is 5.11 Å². The number of nitrogens with zero attached hydrogens (tertiary/aromatic N) is 2. The first kappa shape index (κ1) is 23.1. The summed E-state index contributed by atoms with van der Waals surface area (Å²) in [6.45, 7) is 5.20. The predicted molar refractivity (Wildman–Crippen MR) is 117 cm³/mol. The molecule has 0 saturated carbocycles. The van der Waals surface area contributed by atoms with Gasteiger partial charge in [-0.05, 0) is 31.0 Å². The first-order chi connectivity index (χ1) is 12.6. The van der Waals surface area contributed by atoms with Crippen molar-refractivity contribution >= 4 is 29.9 Å². The van der Waals surface area contributed by atoms with Gasteiger partial charge in [0.05, 0.1) is 19.3 Å². The average molecular weight is 488 g/mol. The van der Waals surface area contributed by atoms with E-state index in [0.29, 0.717) is 30.7 Å². The van der Waals surface area contributed by atoms with Crippen LogP contribution in [0.25, 0.3) is 0 Å². The minimum Gasteiger partial charge on any atom is -0.508 e. The summed E-state index contributed by atoms with van der Waals surface area (Å²) in [6, 6.07) is 7.10. The fourth-order valence-electron chi connectivity index (χ4n) is 2.71. The Balaban J connectivity index is 0.00000364. The molecule has 1 aromatic carbocycles. The number of hydrogen-bond donors (Lipinski definition) is 3. The SMILES string of the molecule is CCC(CC)c1cc(CNC(=NC)NCc2cc(OC)ccc2O)on1.I. The zero-order chi connectivity index (χ0) is 18.9. The van der Waals surface area contributed by atoms with E-state index in [0.717, 1.165) is 29.9 Å². The lowest BCUT2D eigenvalue weighted by molar-refractivity contribution is 0.368. The highest BCUT2D eigenvalue weighted by Crippen LogP contribution is 2.23. The van der Waals surface area contributed by atoms with Crippen LogP contribution in [-0.2, 0) is 13.1 Å². The topological polar surface area (TPSA) is 91.9 Å². The van der Waals surface area contributed by atoms with Crippen molar-refractivity contribution in [1.82, 2.24) is 15.8 Å². The summed E-state index contributed by atoms with van der Waals surface area (Å²) in [7, 11) is 3.29. The van der Waals surface area contributed by atoms with E-state index >= 15 is 0 Å². The number of benzene rings is 1. The molecule has 0 spiro atoms. The molecule has 2 rings (SSSR count). The van der Waals surface area contributed by atoms with Gasteiger partial charge < -0.3 is 25.0 Å². The number of aromatic nitrogens is 1. The predicted octanol–water partition coefficient (Wildman–Crippen LogP) is 3.78. The fourth-order valence-corrected chi connectivity index (χ4v) is 2.71. The molecule has 0 atom stereocenters. The van der Waals surface area contributed by atoms with Crippen molar-refractivity contribution < 1.29 is 14.4 Å². The Kier molecular flexibility index (Phi) is 9.98. The van der Waals surface area contributed by atoms with Gasteiger partial charge in [0.2, 0.25) is 0 Å². The van der Waals surface area contributed by atoms with Crippen LogP contribution in [-0.4, -0.2) is 30.4 Å². The van der Waals surface area contributed by atoms with E-state index in [4.69, 9.17) is 9.26 Å². The van der Waals surface area contributed by atoms with Gasteiger partial charge in [-0.1, -0.05) is 19.0 Å². The molecule has 27 heavy (non-hydrogen) atoms. The number of halogens is 1. The van der Waals surface area contributed by atoms with Crippen LogP contribution in [0.15, 0.2) is 33.8 Å². The lowest BCUT2D eigenvalue weighted by Crippen LogP contribution is -2.36. The molecule has 3 N–H and O–H groups in total. The summed E-state index contributed by atoms with van der Waals surface area (Å²) in [5.74, 6) is 2.70. The Morgan fingerprint density at radius 3 is 2.56 bits per heavy atom. The molecule has 150 valence electrons. The minimum atomic E-state index is 0. The Hall–Kier alpha value is -1.97. The molecule has 7 nitrogen and oxygen atoms in total. The molecular weight excluding hydrogens is 459 g/mol. The Morgan fingerprint density at radius 2 is 1.93 bits per heavy atom. The van der Waals surface area contributed by atoms with E-state index in [2.05, 4.69) is 34.6 Å². The number of methoxy groups -OCH3 is 1. The maximum Gasteiger partial charge on any atom is 0.191 e. The van der Waals surface area contributed by atoms with E-state index in [1.807, 2.05) is 6.07 Å². The van der Waals surface area contributed by atoms with Crippen LogP contribution >= 0.6 is 24.0 Å². The molecule has 0 radical (unpaired) electrons. The second kappa shape index (κ2) is 11.7. The highest BCUT2D eigenvalue weighted by atomic mass is 127. The number of nitrogens with one attached hydrogen (secondary N) is 2. The van der Waals surface area contributed by atoms with Crippen molar-refractivity contribution in [3.63, 3.8) is 0 Å². The standard InChI is InChI=1S/C19H28N4O3.HI/c1-5-13(6-2)17-10-16(26-23-17)12-22-19(20-3)21-11-14-9-15(25-4)7-8-18(14)24;/h7-10,13,24H,5-6,11-12H2,1-4H3,(H2,20,21,22);1H. The molecule has 0 amide bonds. The van der Waals surface area contributed by atoms with E-state index in [-0.39, 0.29) is 29.7 Å². The van der Waals surface area contributed by atoms with Gasteiger partial charge in [-0.3, -0.25) is 4.99 Å². The van der Waals surface area contributed by atoms with Gasteiger partial charge in [-0.25, -0.2) is 0 Å². The molecular formula is C19H29IN4O3. The molecule has 0 aliphatic heterocycles. The third-order valence-electron chi connectivity index (χ3n) is 4.37. The van der Waals surface area contributed by atoms with Crippen molar-refractivity contribution in [2.45, 2.75) is 45.7 Å². The van der Waals surface area contributed by atoms with Gasteiger partial charge in [-0.15, -0.1) is 24.0 Å². The van der Waals surface area contributed by atoms with Gasteiger partial charge in [0, 0.05) is 31.1 Å². The van der Waals surface area contributed by atoms with Crippen molar-refractivity contribution in [1.29, 1.82) is 0 Å².